The molecule has 4 fully saturated rings. The SMILES string of the molecule is COC(=O)N[C@]1(C)C[C@H](C(=O)N2CC3CC3(c3ccc(C4CC4)cc3)C2)C1. The van der Waals surface area contributed by atoms with Crippen molar-refractivity contribution < 1.29 is 14.3 Å². The number of carbonyl (C=O) groups is 2. The molecule has 5 rings (SSSR count). The predicted octanol–water partition coefficient (Wildman–Crippen LogP) is 3.19. The first-order valence-electron chi connectivity index (χ1n) is 10.2. The third kappa shape index (κ3) is 2.82. The summed E-state index contributed by atoms with van der Waals surface area (Å²) in [5.74, 6) is 1.70. The van der Waals surface area contributed by atoms with E-state index in [-0.39, 0.29) is 22.8 Å². The molecule has 1 aromatic carbocycles. The minimum absolute atomic E-state index is 0.0268. The molecule has 2 amide bonds. The maximum absolute atomic E-state index is 12.9. The normalized spacial score (nSPS) is 36.6. The standard InChI is InChI=1S/C22H28N2O3/c1-21(23-20(26)27-2)9-16(10-21)19(25)24-12-18-11-22(18,13-24)17-7-5-15(6-8-17)14-3-4-14/h5-8,14,16,18H,3-4,9-13H2,1-2H3,(H,23,26)/t16-,18?,21+,22?. The number of hydrogen-bond acceptors (Lipinski definition) is 3. The second-order valence-electron chi connectivity index (χ2n) is 9.45. The Kier molecular flexibility index (Phi) is 3.62. The summed E-state index contributed by atoms with van der Waals surface area (Å²) in [5, 5.41) is 2.86. The highest BCUT2D eigenvalue weighted by atomic mass is 16.5. The zero-order chi connectivity index (χ0) is 18.8. The molecule has 1 N–H and O–H groups in total. The van der Waals surface area contributed by atoms with Crippen molar-refractivity contribution in [3.05, 3.63) is 35.4 Å². The van der Waals surface area contributed by atoms with Gasteiger partial charge in [0.25, 0.3) is 0 Å². The summed E-state index contributed by atoms with van der Waals surface area (Å²) in [4.78, 5) is 26.5. The Hall–Kier alpha value is -2.04. The zero-order valence-electron chi connectivity index (χ0n) is 16.2. The first kappa shape index (κ1) is 17.1. The first-order chi connectivity index (χ1) is 12.9. The molecule has 0 aromatic heterocycles. The largest absolute Gasteiger partial charge is 0.453 e. The fourth-order valence-corrected chi connectivity index (χ4v) is 5.46. The molecule has 2 atom stereocenters. The number of carbonyl (C=O) groups excluding carboxylic acids is 2. The van der Waals surface area contributed by atoms with Crippen molar-refractivity contribution in [1.82, 2.24) is 10.2 Å². The number of amides is 2. The summed E-state index contributed by atoms with van der Waals surface area (Å²) in [6, 6.07) is 9.22. The van der Waals surface area contributed by atoms with Crippen molar-refractivity contribution in [2.45, 2.75) is 55.9 Å². The summed E-state index contributed by atoms with van der Waals surface area (Å²) in [6.45, 7) is 3.73. The molecule has 27 heavy (non-hydrogen) atoms. The van der Waals surface area contributed by atoms with Crippen molar-refractivity contribution in [2.75, 3.05) is 20.2 Å². The smallest absolute Gasteiger partial charge is 0.407 e. The fraction of sp³-hybridized carbons (Fsp3) is 0.636. The van der Waals surface area contributed by atoms with Crippen LogP contribution in [0.3, 0.4) is 0 Å². The topological polar surface area (TPSA) is 58.6 Å². The monoisotopic (exact) mass is 368 g/mol. The molecule has 1 saturated heterocycles. The lowest BCUT2D eigenvalue weighted by molar-refractivity contribution is -0.140. The van der Waals surface area contributed by atoms with E-state index in [0.717, 1.165) is 19.0 Å². The Bertz CT molecular complexity index is 779. The molecule has 144 valence electrons. The summed E-state index contributed by atoms with van der Waals surface area (Å²) in [6.07, 6.45) is 4.86. The van der Waals surface area contributed by atoms with Crippen molar-refractivity contribution in [2.24, 2.45) is 11.8 Å². The Morgan fingerprint density at radius 2 is 1.85 bits per heavy atom. The number of fused-ring (bicyclic) bond motifs is 1. The molecule has 1 aliphatic heterocycles. The van der Waals surface area contributed by atoms with Crippen molar-refractivity contribution in [3.63, 3.8) is 0 Å². The van der Waals surface area contributed by atoms with E-state index in [0.29, 0.717) is 18.8 Å². The van der Waals surface area contributed by atoms with Crippen LogP contribution in [-0.4, -0.2) is 42.6 Å². The lowest BCUT2D eigenvalue weighted by Gasteiger charge is -2.45. The number of likely N-dealkylation sites (tertiary alicyclic amines) is 1. The number of rotatable bonds is 4. The molecule has 0 bridgehead atoms. The van der Waals surface area contributed by atoms with Gasteiger partial charge in [-0.2, -0.15) is 0 Å². The number of piperidine rings is 1. The van der Waals surface area contributed by atoms with Gasteiger partial charge in [0.2, 0.25) is 5.91 Å². The van der Waals surface area contributed by atoms with Gasteiger partial charge in [-0.1, -0.05) is 24.3 Å². The summed E-state index contributed by atoms with van der Waals surface area (Å²) in [5.41, 5.74) is 2.78. The van der Waals surface area contributed by atoms with Crippen LogP contribution in [0.4, 0.5) is 4.79 Å². The van der Waals surface area contributed by atoms with E-state index in [4.69, 9.17) is 0 Å². The molecule has 0 spiro atoms. The summed E-state index contributed by atoms with van der Waals surface area (Å²) in [7, 11) is 1.37. The molecule has 3 aliphatic carbocycles. The van der Waals surface area contributed by atoms with Crippen LogP contribution in [0, 0.1) is 11.8 Å². The average Bonchev–Trinajstić information content (AvgIpc) is 3.57. The van der Waals surface area contributed by atoms with Gasteiger partial charge in [-0.15, -0.1) is 0 Å². The van der Waals surface area contributed by atoms with Crippen molar-refractivity contribution >= 4 is 12.0 Å². The minimum atomic E-state index is -0.417. The van der Waals surface area contributed by atoms with Gasteiger partial charge in [-0.3, -0.25) is 4.79 Å². The van der Waals surface area contributed by atoms with Gasteiger partial charge in [0.05, 0.1) is 7.11 Å². The molecule has 1 aromatic rings. The van der Waals surface area contributed by atoms with E-state index >= 15 is 0 Å². The number of ether oxygens (including phenoxy) is 1. The van der Waals surface area contributed by atoms with Gasteiger partial charge in [0, 0.05) is 30.0 Å². The van der Waals surface area contributed by atoms with E-state index in [2.05, 4.69) is 39.2 Å². The Balaban J connectivity index is 1.20. The Labute approximate surface area is 160 Å². The molecule has 5 nitrogen and oxygen atoms in total. The third-order valence-electron chi connectivity index (χ3n) is 7.32. The summed E-state index contributed by atoms with van der Waals surface area (Å²) >= 11 is 0. The van der Waals surface area contributed by atoms with Crippen LogP contribution < -0.4 is 5.32 Å². The molecule has 3 saturated carbocycles. The van der Waals surface area contributed by atoms with E-state index in [9.17, 15) is 9.59 Å². The van der Waals surface area contributed by atoms with Crippen LogP contribution in [0.5, 0.6) is 0 Å². The van der Waals surface area contributed by atoms with Crippen LogP contribution in [-0.2, 0) is 14.9 Å². The number of methoxy groups -OCH3 is 1. The Morgan fingerprint density at radius 1 is 1.15 bits per heavy atom. The van der Waals surface area contributed by atoms with Gasteiger partial charge in [0.1, 0.15) is 0 Å². The van der Waals surface area contributed by atoms with Crippen LogP contribution in [0.1, 0.15) is 56.1 Å². The van der Waals surface area contributed by atoms with Crippen LogP contribution in [0.2, 0.25) is 0 Å². The molecular formula is C22H28N2O3. The third-order valence-corrected chi connectivity index (χ3v) is 7.32. The number of hydrogen-bond donors (Lipinski definition) is 1. The van der Waals surface area contributed by atoms with Crippen molar-refractivity contribution in [3.8, 4) is 0 Å². The van der Waals surface area contributed by atoms with Gasteiger partial charge >= 0.3 is 6.09 Å². The van der Waals surface area contributed by atoms with E-state index in [1.54, 1.807) is 0 Å². The van der Waals surface area contributed by atoms with Gasteiger partial charge in [-0.25, -0.2) is 4.79 Å². The highest BCUT2D eigenvalue weighted by Gasteiger charge is 2.62. The number of benzene rings is 1. The molecule has 5 heteroatoms. The maximum atomic E-state index is 12.9. The molecule has 1 heterocycles. The maximum Gasteiger partial charge on any atom is 0.407 e. The second-order valence-corrected chi connectivity index (χ2v) is 9.45. The summed E-state index contributed by atoms with van der Waals surface area (Å²) < 4.78 is 4.68. The van der Waals surface area contributed by atoms with E-state index < -0.39 is 6.09 Å². The van der Waals surface area contributed by atoms with Crippen LogP contribution >= 0.6 is 0 Å². The molecular weight excluding hydrogens is 340 g/mol. The highest BCUT2D eigenvalue weighted by molar-refractivity contribution is 5.82. The average molecular weight is 368 g/mol. The van der Waals surface area contributed by atoms with Gasteiger partial charge < -0.3 is 15.0 Å². The van der Waals surface area contributed by atoms with Crippen LogP contribution in [0.25, 0.3) is 0 Å². The van der Waals surface area contributed by atoms with Crippen molar-refractivity contribution in [1.29, 1.82) is 0 Å². The quantitative estimate of drug-likeness (QED) is 0.888. The molecule has 4 aliphatic rings. The first-order valence-corrected chi connectivity index (χ1v) is 10.2. The molecule has 2 unspecified atom stereocenters. The molecule has 0 radical (unpaired) electrons. The van der Waals surface area contributed by atoms with Crippen LogP contribution in [0.15, 0.2) is 24.3 Å². The highest BCUT2D eigenvalue weighted by Crippen LogP contribution is 2.59. The second kappa shape index (κ2) is 5.73. The van der Waals surface area contributed by atoms with Gasteiger partial charge in [-0.05, 0) is 62.0 Å². The number of alkyl carbamates (subject to hydrolysis) is 1. The van der Waals surface area contributed by atoms with Gasteiger partial charge in [0.15, 0.2) is 0 Å². The lowest BCUT2D eigenvalue weighted by atomic mass is 9.69. The minimum Gasteiger partial charge on any atom is -0.453 e. The number of nitrogens with one attached hydrogen (secondary N) is 1. The fourth-order valence-electron chi connectivity index (χ4n) is 5.46. The van der Waals surface area contributed by atoms with E-state index in [1.807, 2.05) is 6.92 Å². The van der Waals surface area contributed by atoms with E-state index in [1.165, 1.54) is 37.5 Å². The Morgan fingerprint density at radius 3 is 2.48 bits per heavy atom. The zero-order valence-corrected chi connectivity index (χ0v) is 16.2. The number of nitrogens with zero attached hydrogens (tertiary/aromatic N) is 1. The predicted molar refractivity (Wildman–Crippen MR) is 101 cm³/mol. The lowest BCUT2D eigenvalue weighted by Crippen LogP contribution is -2.58.